The van der Waals surface area contributed by atoms with Crippen LogP contribution in [0, 0.1) is 11.3 Å². The number of aromatic nitrogens is 4. The Morgan fingerprint density at radius 1 is 1.20 bits per heavy atom. The van der Waals surface area contributed by atoms with Crippen LogP contribution in [0.15, 0.2) is 55.1 Å². The molecule has 0 aliphatic rings. The summed E-state index contributed by atoms with van der Waals surface area (Å²) in [5.41, 5.74) is 8.86. The van der Waals surface area contributed by atoms with Crippen molar-refractivity contribution >= 4 is 29.3 Å². The molecular formula is C21H15N7O2. The Bertz CT molecular complexity index is 1320. The average Bonchev–Trinajstić information content (AvgIpc) is 3.21. The normalized spacial score (nSPS) is 10.5. The van der Waals surface area contributed by atoms with Gasteiger partial charge >= 0.3 is 0 Å². The zero-order valence-electron chi connectivity index (χ0n) is 15.9. The Hall–Kier alpha value is -4.58. The van der Waals surface area contributed by atoms with E-state index >= 15 is 0 Å². The van der Waals surface area contributed by atoms with E-state index in [1.54, 1.807) is 60.5 Å². The summed E-state index contributed by atoms with van der Waals surface area (Å²) in [4.78, 5) is 33.8. The summed E-state index contributed by atoms with van der Waals surface area (Å²) in [5, 5.41) is 13.2. The summed E-state index contributed by atoms with van der Waals surface area (Å²) >= 11 is 0. The number of amides is 1. The Balaban J connectivity index is 1.72. The van der Waals surface area contributed by atoms with Crippen molar-refractivity contribution in [3.05, 3.63) is 71.8 Å². The Morgan fingerprint density at radius 2 is 2.03 bits per heavy atom. The van der Waals surface area contributed by atoms with Crippen LogP contribution in [0.5, 0.6) is 0 Å². The van der Waals surface area contributed by atoms with Crippen LogP contribution in [0.4, 0.5) is 11.6 Å². The van der Waals surface area contributed by atoms with Gasteiger partial charge in [-0.1, -0.05) is 0 Å². The smallest absolute Gasteiger partial charge is 0.259 e. The van der Waals surface area contributed by atoms with E-state index in [1.165, 1.54) is 11.1 Å². The molecule has 4 rings (SSSR count). The van der Waals surface area contributed by atoms with Crippen LogP contribution in [-0.4, -0.2) is 38.8 Å². The van der Waals surface area contributed by atoms with Crippen molar-refractivity contribution in [3.8, 4) is 17.2 Å². The van der Waals surface area contributed by atoms with Crippen LogP contribution in [0.3, 0.4) is 0 Å². The molecule has 0 bridgehead atoms. The first kappa shape index (κ1) is 18.8. The third-order valence-electron chi connectivity index (χ3n) is 4.68. The number of nitrogens with two attached hydrogens (primary N) is 1. The molecular weight excluding hydrogens is 382 g/mol. The molecule has 146 valence electrons. The highest BCUT2D eigenvalue weighted by atomic mass is 16.2. The molecule has 0 aliphatic carbocycles. The van der Waals surface area contributed by atoms with Crippen LogP contribution in [0.25, 0.3) is 16.6 Å². The summed E-state index contributed by atoms with van der Waals surface area (Å²) in [6.07, 6.45) is 6.93. The van der Waals surface area contributed by atoms with Gasteiger partial charge in [0, 0.05) is 42.3 Å². The zero-order valence-corrected chi connectivity index (χ0v) is 15.9. The Kier molecular flexibility index (Phi) is 4.66. The van der Waals surface area contributed by atoms with Crippen LogP contribution in [-0.2, 0) is 0 Å². The van der Waals surface area contributed by atoms with E-state index in [0.717, 1.165) is 0 Å². The maximum absolute atomic E-state index is 13.0. The standard InChI is InChI=1S/C21H15N7O2/c1-27(19-3-2-13(8-22)9-24-19)21(30)14-4-5-28-18(7-14)17(11-26-28)15-6-16(12-29)20(23)25-10-15/h2-7,9-12H,1H3,(H2,23,25). The lowest BCUT2D eigenvalue weighted by atomic mass is 10.1. The molecule has 0 aliphatic heterocycles. The van der Waals surface area contributed by atoms with Gasteiger partial charge in [0.15, 0.2) is 6.29 Å². The molecule has 4 aromatic rings. The molecule has 0 saturated carbocycles. The summed E-state index contributed by atoms with van der Waals surface area (Å²) in [7, 11) is 1.61. The lowest BCUT2D eigenvalue weighted by Crippen LogP contribution is -2.27. The molecule has 2 N–H and O–H groups in total. The number of carbonyl (C=O) groups excluding carboxylic acids is 2. The summed E-state index contributed by atoms with van der Waals surface area (Å²) in [5.74, 6) is 0.300. The highest BCUT2D eigenvalue weighted by molar-refractivity contribution is 6.06. The minimum atomic E-state index is -0.272. The monoisotopic (exact) mass is 397 g/mol. The average molecular weight is 397 g/mol. The fourth-order valence-corrected chi connectivity index (χ4v) is 3.02. The fourth-order valence-electron chi connectivity index (χ4n) is 3.02. The molecule has 0 saturated heterocycles. The molecule has 30 heavy (non-hydrogen) atoms. The molecule has 0 radical (unpaired) electrons. The van der Waals surface area contributed by atoms with Crippen molar-refractivity contribution in [2.24, 2.45) is 0 Å². The van der Waals surface area contributed by atoms with Gasteiger partial charge < -0.3 is 5.73 Å². The maximum atomic E-state index is 13.0. The Labute approximate surface area is 171 Å². The van der Waals surface area contributed by atoms with E-state index < -0.39 is 0 Å². The molecule has 0 atom stereocenters. The van der Waals surface area contributed by atoms with E-state index in [1.807, 2.05) is 6.07 Å². The van der Waals surface area contributed by atoms with Gasteiger partial charge in [0.05, 0.1) is 22.8 Å². The number of carbonyl (C=O) groups is 2. The second-order valence-corrected chi connectivity index (χ2v) is 6.50. The number of nitriles is 1. The summed E-state index contributed by atoms with van der Waals surface area (Å²) < 4.78 is 1.63. The summed E-state index contributed by atoms with van der Waals surface area (Å²) in [6, 6.07) is 10.2. The number of hydrogen-bond acceptors (Lipinski definition) is 7. The molecule has 4 aromatic heterocycles. The van der Waals surface area contributed by atoms with Gasteiger partial charge in [0.2, 0.25) is 0 Å². The lowest BCUT2D eigenvalue weighted by molar-refractivity contribution is 0.0992. The SMILES string of the molecule is CN(C(=O)c1ccn2ncc(-c3cnc(N)c(C=O)c3)c2c1)c1ccc(C#N)cn1. The second kappa shape index (κ2) is 7.44. The molecule has 0 unspecified atom stereocenters. The third-order valence-corrected chi connectivity index (χ3v) is 4.68. The first-order valence-corrected chi connectivity index (χ1v) is 8.84. The third kappa shape index (κ3) is 3.22. The van der Waals surface area contributed by atoms with Gasteiger partial charge in [0.25, 0.3) is 5.91 Å². The van der Waals surface area contributed by atoms with Crippen molar-refractivity contribution in [1.29, 1.82) is 5.26 Å². The first-order valence-electron chi connectivity index (χ1n) is 8.84. The maximum Gasteiger partial charge on any atom is 0.259 e. The molecule has 9 nitrogen and oxygen atoms in total. The van der Waals surface area contributed by atoms with Gasteiger partial charge in [0.1, 0.15) is 17.7 Å². The predicted molar refractivity (Wildman–Crippen MR) is 110 cm³/mol. The number of anilines is 2. The van der Waals surface area contributed by atoms with Gasteiger partial charge in [-0.3, -0.25) is 14.5 Å². The van der Waals surface area contributed by atoms with Crippen LogP contribution in [0.1, 0.15) is 26.3 Å². The molecule has 1 amide bonds. The van der Waals surface area contributed by atoms with E-state index in [-0.39, 0.29) is 17.3 Å². The predicted octanol–water partition coefficient (Wildman–Crippen LogP) is 2.33. The summed E-state index contributed by atoms with van der Waals surface area (Å²) in [6.45, 7) is 0. The largest absolute Gasteiger partial charge is 0.383 e. The topological polar surface area (TPSA) is 130 Å². The van der Waals surface area contributed by atoms with E-state index in [4.69, 9.17) is 11.0 Å². The van der Waals surface area contributed by atoms with Crippen molar-refractivity contribution < 1.29 is 9.59 Å². The van der Waals surface area contributed by atoms with E-state index in [0.29, 0.717) is 39.9 Å². The molecule has 9 heteroatoms. The van der Waals surface area contributed by atoms with Gasteiger partial charge in [-0.25, -0.2) is 14.5 Å². The highest BCUT2D eigenvalue weighted by Crippen LogP contribution is 2.27. The number of aldehydes is 1. The van der Waals surface area contributed by atoms with Gasteiger partial charge in [-0.05, 0) is 30.3 Å². The minimum absolute atomic E-state index is 0.151. The fraction of sp³-hybridized carbons (Fsp3) is 0.0476. The second-order valence-electron chi connectivity index (χ2n) is 6.50. The van der Waals surface area contributed by atoms with Crippen molar-refractivity contribution in [2.45, 2.75) is 0 Å². The minimum Gasteiger partial charge on any atom is -0.383 e. The number of nitrogens with zero attached hydrogens (tertiary/aromatic N) is 6. The van der Waals surface area contributed by atoms with E-state index in [9.17, 15) is 9.59 Å². The first-order chi connectivity index (χ1) is 14.5. The van der Waals surface area contributed by atoms with Gasteiger partial charge in [-0.2, -0.15) is 10.4 Å². The van der Waals surface area contributed by atoms with Crippen molar-refractivity contribution in [1.82, 2.24) is 19.6 Å². The molecule has 4 heterocycles. The number of hydrogen-bond donors (Lipinski definition) is 1. The van der Waals surface area contributed by atoms with Gasteiger partial charge in [-0.15, -0.1) is 0 Å². The molecule has 0 fully saturated rings. The number of pyridine rings is 3. The van der Waals surface area contributed by atoms with Crippen LogP contribution in [0.2, 0.25) is 0 Å². The number of nitrogen functional groups attached to an aromatic ring is 1. The molecule has 0 spiro atoms. The molecule has 0 aromatic carbocycles. The van der Waals surface area contributed by atoms with Crippen molar-refractivity contribution in [2.75, 3.05) is 17.7 Å². The Morgan fingerprint density at radius 3 is 2.73 bits per heavy atom. The number of fused-ring (bicyclic) bond motifs is 1. The van der Waals surface area contributed by atoms with Crippen LogP contribution < -0.4 is 10.6 Å². The lowest BCUT2D eigenvalue weighted by Gasteiger charge is -2.16. The van der Waals surface area contributed by atoms with E-state index in [2.05, 4.69) is 15.1 Å². The highest BCUT2D eigenvalue weighted by Gasteiger charge is 2.17. The quantitative estimate of drug-likeness (QED) is 0.523. The number of rotatable bonds is 4. The van der Waals surface area contributed by atoms with Crippen LogP contribution >= 0.6 is 0 Å². The van der Waals surface area contributed by atoms with Crippen molar-refractivity contribution in [3.63, 3.8) is 0 Å². The zero-order chi connectivity index (χ0) is 21.3.